The van der Waals surface area contributed by atoms with Crippen molar-refractivity contribution >= 4 is 16.7 Å². The number of benzene rings is 2. The van der Waals surface area contributed by atoms with E-state index < -0.39 is 0 Å². The second kappa shape index (κ2) is 7.01. The molecule has 0 saturated carbocycles. The summed E-state index contributed by atoms with van der Waals surface area (Å²) in [4.78, 5) is 12.9. The highest BCUT2D eigenvalue weighted by atomic mass is 16.5. The first-order valence-corrected chi connectivity index (χ1v) is 8.27. The van der Waals surface area contributed by atoms with E-state index in [9.17, 15) is 4.79 Å². The highest BCUT2D eigenvalue weighted by molar-refractivity contribution is 6.09. The highest BCUT2D eigenvalue weighted by Crippen LogP contribution is 2.28. The van der Waals surface area contributed by atoms with Crippen LogP contribution in [0.5, 0.6) is 5.75 Å². The Morgan fingerprint density at radius 3 is 2.91 bits per heavy atom. The standard InChI is InChI=1S/C19H23NO3/c1-3-22-17-11-10-14-7-4-5-8-15(14)18(17)19(21)20-13(2)16-9-6-12-23-16/h4-5,7-8,10-11,13,16H,3,6,9,12H2,1-2H3,(H,20,21)/t13-,16+/m1/s1. The largest absolute Gasteiger partial charge is 0.493 e. The first-order chi connectivity index (χ1) is 11.2. The number of ether oxygens (including phenoxy) is 2. The summed E-state index contributed by atoms with van der Waals surface area (Å²) < 4.78 is 11.4. The molecular formula is C19H23NO3. The number of amides is 1. The molecule has 3 rings (SSSR count). The third kappa shape index (κ3) is 3.32. The molecule has 0 unspecified atom stereocenters. The minimum atomic E-state index is -0.103. The number of hydrogen-bond donors (Lipinski definition) is 1. The fourth-order valence-electron chi connectivity index (χ4n) is 3.13. The van der Waals surface area contributed by atoms with Crippen LogP contribution in [0.4, 0.5) is 0 Å². The molecule has 1 heterocycles. The molecule has 2 aromatic rings. The highest BCUT2D eigenvalue weighted by Gasteiger charge is 2.25. The fraction of sp³-hybridized carbons (Fsp3) is 0.421. The van der Waals surface area contributed by atoms with Gasteiger partial charge in [0.05, 0.1) is 24.3 Å². The zero-order valence-electron chi connectivity index (χ0n) is 13.7. The second-order valence-electron chi connectivity index (χ2n) is 5.91. The average Bonchev–Trinajstić information content (AvgIpc) is 3.09. The maximum absolute atomic E-state index is 12.9. The molecule has 2 atom stereocenters. The lowest BCUT2D eigenvalue weighted by molar-refractivity contribution is 0.0711. The van der Waals surface area contributed by atoms with Gasteiger partial charge in [-0.05, 0) is 43.5 Å². The van der Waals surface area contributed by atoms with Crippen LogP contribution in [0.3, 0.4) is 0 Å². The Morgan fingerprint density at radius 2 is 2.17 bits per heavy atom. The Kier molecular flexibility index (Phi) is 4.82. The van der Waals surface area contributed by atoms with Crippen LogP contribution in [0.25, 0.3) is 10.8 Å². The molecule has 1 saturated heterocycles. The van der Waals surface area contributed by atoms with Crippen molar-refractivity contribution in [3.8, 4) is 5.75 Å². The Bertz CT molecular complexity index is 692. The van der Waals surface area contributed by atoms with E-state index in [0.717, 1.165) is 30.2 Å². The number of rotatable bonds is 5. The van der Waals surface area contributed by atoms with Crippen molar-refractivity contribution in [1.29, 1.82) is 0 Å². The predicted octanol–water partition coefficient (Wildman–Crippen LogP) is 3.54. The normalized spacial score (nSPS) is 18.8. The minimum Gasteiger partial charge on any atom is -0.493 e. The summed E-state index contributed by atoms with van der Waals surface area (Å²) in [6.07, 6.45) is 2.16. The lowest BCUT2D eigenvalue weighted by Crippen LogP contribution is -2.41. The summed E-state index contributed by atoms with van der Waals surface area (Å²) in [5.74, 6) is 0.525. The average molecular weight is 313 g/mol. The first kappa shape index (κ1) is 15.8. The third-order valence-corrected chi connectivity index (χ3v) is 4.30. The summed E-state index contributed by atoms with van der Waals surface area (Å²) in [6.45, 7) is 5.23. The maximum Gasteiger partial charge on any atom is 0.255 e. The van der Waals surface area contributed by atoms with Crippen LogP contribution in [0.2, 0.25) is 0 Å². The maximum atomic E-state index is 12.9. The SMILES string of the molecule is CCOc1ccc2ccccc2c1C(=O)N[C@H](C)[C@@H]1CCCO1. The van der Waals surface area contributed by atoms with Gasteiger partial charge >= 0.3 is 0 Å². The molecule has 1 fully saturated rings. The van der Waals surface area contributed by atoms with Gasteiger partial charge in [-0.2, -0.15) is 0 Å². The Labute approximate surface area is 136 Å². The minimum absolute atomic E-state index is 0.0153. The van der Waals surface area contributed by atoms with E-state index in [1.807, 2.05) is 50.2 Å². The quantitative estimate of drug-likeness (QED) is 0.918. The summed E-state index contributed by atoms with van der Waals surface area (Å²) in [5.41, 5.74) is 0.606. The lowest BCUT2D eigenvalue weighted by Gasteiger charge is -2.21. The molecule has 2 aromatic carbocycles. The van der Waals surface area contributed by atoms with Gasteiger partial charge < -0.3 is 14.8 Å². The molecule has 0 aliphatic carbocycles. The summed E-state index contributed by atoms with van der Waals surface area (Å²) in [7, 11) is 0. The number of fused-ring (bicyclic) bond motifs is 1. The molecule has 23 heavy (non-hydrogen) atoms. The molecule has 1 aliphatic heterocycles. The van der Waals surface area contributed by atoms with E-state index in [1.165, 1.54) is 0 Å². The smallest absolute Gasteiger partial charge is 0.255 e. The van der Waals surface area contributed by atoms with E-state index in [-0.39, 0.29) is 18.1 Å². The Balaban J connectivity index is 1.92. The fourth-order valence-corrected chi connectivity index (χ4v) is 3.13. The van der Waals surface area contributed by atoms with Gasteiger partial charge in [0.25, 0.3) is 5.91 Å². The van der Waals surface area contributed by atoms with E-state index in [0.29, 0.717) is 17.9 Å². The van der Waals surface area contributed by atoms with Crippen molar-refractivity contribution in [2.24, 2.45) is 0 Å². The van der Waals surface area contributed by atoms with Crippen molar-refractivity contribution < 1.29 is 14.3 Å². The van der Waals surface area contributed by atoms with Gasteiger partial charge in [0, 0.05) is 6.61 Å². The monoisotopic (exact) mass is 313 g/mol. The van der Waals surface area contributed by atoms with E-state index in [1.54, 1.807) is 0 Å². The zero-order chi connectivity index (χ0) is 16.2. The molecular weight excluding hydrogens is 290 g/mol. The lowest BCUT2D eigenvalue weighted by atomic mass is 10.0. The van der Waals surface area contributed by atoms with E-state index >= 15 is 0 Å². The van der Waals surface area contributed by atoms with Crippen LogP contribution in [-0.2, 0) is 4.74 Å². The molecule has 0 aromatic heterocycles. The molecule has 4 nitrogen and oxygen atoms in total. The zero-order valence-corrected chi connectivity index (χ0v) is 13.7. The molecule has 4 heteroatoms. The van der Waals surface area contributed by atoms with Crippen molar-refractivity contribution in [3.63, 3.8) is 0 Å². The molecule has 122 valence electrons. The van der Waals surface area contributed by atoms with Crippen molar-refractivity contribution in [2.75, 3.05) is 13.2 Å². The molecule has 0 bridgehead atoms. The number of carbonyl (C=O) groups is 1. The number of carbonyl (C=O) groups excluding carboxylic acids is 1. The van der Waals surface area contributed by atoms with Crippen LogP contribution >= 0.6 is 0 Å². The van der Waals surface area contributed by atoms with Crippen LogP contribution in [0.15, 0.2) is 36.4 Å². The summed E-state index contributed by atoms with van der Waals surface area (Å²) in [6, 6.07) is 11.7. The van der Waals surface area contributed by atoms with Crippen molar-refractivity contribution in [2.45, 2.75) is 38.8 Å². The number of hydrogen-bond acceptors (Lipinski definition) is 3. The molecule has 1 amide bonds. The van der Waals surface area contributed by atoms with Crippen molar-refractivity contribution in [1.82, 2.24) is 5.32 Å². The van der Waals surface area contributed by atoms with Crippen molar-refractivity contribution in [3.05, 3.63) is 42.0 Å². The van der Waals surface area contributed by atoms with Gasteiger partial charge in [0.2, 0.25) is 0 Å². The van der Waals surface area contributed by atoms with E-state index in [4.69, 9.17) is 9.47 Å². The molecule has 1 aliphatic rings. The van der Waals surface area contributed by atoms with Gasteiger partial charge in [-0.3, -0.25) is 4.79 Å². The number of nitrogens with one attached hydrogen (secondary N) is 1. The first-order valence-electron chi connectivity index (χ1n) is 8.27. The van der Waals surface area contributed by atoms with Crippen LogP contribution in [-0.4, -0.2) is 31.3 Å². The molecule has 0 spiro atoms. The van der Waals surface area contributed by atoms with Gasteiger partial charge in [0.1, 0.15) is 5.75 Å². The predicted molar refractivity (Wildman–Crippen MR) is 91.0 cm³/mol. The molecule has 1 N–H and O–H groups in total. The van der Waals surface area contributed by atoms with Crippen LogP contribution < -0.4 is 10.1 Å². The van der Waals surface area contributed by atoms with E-state index in [2.05, 4.69) is 5.32 Å². The third-order valence-electron chi connectivity index (χ3n) is 4.30. The van der Waals surface area contributed by atoms with Gasteiger partial charge in [-0.1, -0.05) is 30.3 Å². The van der Waals surface area contributed by atoms with Crippen LogP contribution in [0.1, 0.15) is 37.0 Å². The Morgan fingerprint density at radius 1 is 1.35 bits per heavy atom. The second-order valence-corrected chi connectivity index (χ2v) is 5.91. The van der Waals surface area contributed by atoms with Gasteiger partial charge in [-0.15, -0.1) is 0 Å². The van der Waals surface area contributed by atoms with Crippen LogP contribution in [0, 0.1) is 0 Å². The molecule has 0 radical (unpaired) electrons. The van der Waals surface area contributed by atoms with Gasteiger partial charge in [-0.25, -0.2) is 0 Å². The summed E-state index contributed by atoms with van der Waals surface area (Å²) in [5, 5.41) is 5.03. The topological polar surface area (TPSA) is 47.6 Å². The summed E-state index contributed by atoms with van der Waals surface area (Å²) >= 11 is 0. The Hall–Kier alpha value is -2.07. The van der Waals surface area contributed by atoms with Gasteiger partial charge in [0.15, 0.2) is 0 Å².